The van der Waals surface area contributed by atoms with Crippen LogP contribution in [0.15, 0.2) is 36.5 Å². The predicted octanol–water partition coefficient (Wildman–Crippen LogP) is 2.88. The minimum Gasteiger partial charge on any atom is -0.508 e. The summed E-state index contributed by atoms with van der Waals surface area (Å²) in [6.45, 7) is 6.43. The van der Waals surface area contributed by atoms with Crippen LogP contribution in [0.25, 0.3) is 5.69 Å². The largest absolute Gasteiger partial charge is 0.508 e. The van der Waals surface area contributed by atoms with Gasteiger partial charge in [0.05, 0.1) is 5.69 Å². The molecule has 0 saturated heterocycles. The average molecular weight is 216 g/mol. The molecule has 0 amide bonds. The Balaban J connectivity index is 2.53. The molecule has 0 aliphatic rings. The third-order valence-corrected chi connectivity index (χ3v) is 2.49. The molecule has 1 aromatic heterocycles. The van der Waals surface area contributed by atoms with Gasteiger partial charge in [0, 0.05) is 23.4 Å². The topological polar surface area (TPSA) is 38.0 Å². The van der Waals surface area contributed by atoms with Crippen molar-refractivity contribution in [1.29, 1.82) is 0 Å². The van der Waals surface area contributed by atoms with Crippen LogP contribution in [0.5, 0.6) is 5.75 Å². The molecule has 2 aromatic rings. The summed E-state index contributed by atoms with van der Waals surface area (Å²) >= 11 is 0. The van der Waals surface area contributed by atoms with Gasteiger partial charge >= 0.3 is 0 Å². The lowest BCUT2D eigenvalue weighted by Crippen LogP contribution is -2.17. The fourth-order valence-corrected chi connectivity index (χ4v) is 1.70. The van der Waals surface area contributed by atoms with E-state index < -0.39 is 0 Å². The van der Waals surface area contributed by atoms with Crippen LogP contribution < -0.4 is 0 Å². The summed E-state index contributed by atoms with van der Waals surface area (Å²) in [5.41, 5.74) is 2.04. The smallest absolute Gasteiger partial charge is 0.117 e. The van der Waals surface area contributed by atoms with Crippen molar-refractivity contribution >= 4 is 0 Å². The standard InChI is InChI=1S/C13H16N2O/c1-13(2,3)12-7-8-14-15(12)10-5-4-6-11(16)9-10/h4-9,16H,1-3H3. The Kier molecular flexibility index (Phi) is 2.46. The van der Waals surface area contributed by atoms with Gasteiger partial charge in [0.1, 0.15) is 5.75 Å². The maximum absolute atomic E-state index is 9.46. The van der Waals surface area contributed by atoms with E-state index in [9.17, 15) is 5.11 Å². The molecule has 0 spiro atoms. The molecule has 3 nitrogen and oxygen atoms in total. The van der Waals surface area contributed by atoms with Crippen LogP contribution in [0.4, 0.5) is 0 Å². The van der Waals surface area contributed by atoms with E-state index in [0.717, 1.165) is 11.4 Å². The summed E-state index contributed by atoms with van der Waals surface area (Å²) in [5.74, 6) is 0.257. The first-order valence-electron chi connectivity index (χ1n) is 5.32. The van der Waals surface area contributed by atoms with Crippen molar-refractivity contribution in [1.82, 2.24) is 9.78 Å². The zero-order chi connectivity index (χ0) is 11.8. The van der Waals surface area contributed by atoms with Crippen LogP contribution >= 0.6 is 0 Å². The molecule has 0 aliphatic carbocycles. The zero-order valence-electron chi connectivity index (χ0n) is 9.81. The molecule has 0 saturated carbocycles. The van der Waals surface area contributed by atoms with Gasteiger partial charge in [0.2, 0.25) is 0 Å². The number of nitrogens with zero attached hydrogens (tertiary/aromatic N) is 2. The molecule has 16 heavy (non-hydrogen) atoms. The quantitative estimate of drug-likeness (QED) is 0.796. The van der Waals surface area contributed by atoms with Gasteiger partial charge in [0.25, 0.3) is 0 Å². The first kappa shape index (κ1) is 10.7. The molecular weight excluding hydrogens is 200 g/mol. The summed E-state index contributed by atoms with van der Waals surface area (Å²) < 4.78 is 1.86. The summed E-state index contributed by atoms with van der Waals surface area (Å²) in [5, 5.41) is 13.8. The highest BCUT2D eigenvalue weighted by molar-refractivity contribution is 5.39. The third-order valence-electron chi connectivity index (χ3n) is 2.49. The minimum absolute atomic E-state index is 0.0297. The van der Waals surface area contributed by atoms with E-state index in [1.165, 1.54) is 0 Å². The van der Waals surface area contributed by atoms with E-state index in [2.05, 4.69) is 25.9 Å². The monoisotopic (exact) mass is 216 g/mol. The van der Waals surface area contributed by atoms with Crippen LogP contribution in [0, 0.1) is 0 Å². The van der Waals surface area contributed by atoms with Crippen molar-refractivity contribution in [2.24, 2.45) is 0 Å². The second kappa shape index (κ2) is 3.67. The fraction of sp³-hybridized carbons (Fsp3) is 0.308. The van der Waals surface area contributed by atoms with Crippen molar-refractivity contribution in [3.63, 3.8) is 0 Å². The Morgan fingerprint density at radius 1 is 1.19 bits per heavy atom. The molecule has 1 heterocycles. The van der Waals surface area contributed by atoms with Crippen molar-refractivity contribution in [2.75, 3.05) is 0 Å². The van der Waals surface area contributed by atoms with Gasteiger partial charge in [-0.3, -0.25) is 0 Å². The number of phenolic OH excluding ortho intramolecular Hbond substituents is 1. The molecule has 0 unspecified atom stereocenters. The third kappa shape index (κ3) is 1.94. The molecule has 1 N–H and O–H groups in total. The van der Waals surface area contributed by atoms with Crippen molar-refractivity contribution < 1.29 is 5.11 Å². The second-order valence-electron chi connectivity index (χ2n) is 4.90. The van der Waals surface area contributed by atoms with Gasteiger partial charge in [-0.05, 0) is 18.2 Å². The molecule has 84 valence electrons. The fourth-order valence-electron chi connectivity index (χ4n) is 1.70. The van der Waals surface area contributed by atoms with E-state index in [0.29, 0.717) is 0 Å². The Bertz CT molecular complexity index is 495. The molecule has 3 heteroatoms. The maximum atomic E-state index is 9.46. The van der Waals surface area contributed by atoms with Gasteiger partial charge in [0.15, 0.2) is 0 Å². The molecule has 2 rings (SSSR count). The number of hydrogen-bond donors (Lipinski definition) is 1. The highest BCUT2D eigenvalue weighted by Gasteiger charge is 2.19. The van der Waals surface area contributed by atoms with Crippen molar-refractivity contribution in [2.45, 2.75) is 26.2 Å². The Hall–Kier alpha value is -1.77. The number of benzene rings is 1. The van der Waals surface area contributed by atoms with Gasteiger partial charge < -0.3 is 5.11 Å². The first-order chi connectivity index (χ1) is 7.48. The predicted molar refractivity (Wildman–Crippen MR) is 63.9 cm³/mol. The molecule has 0 fully saturated rings. The van der Waals surface area contributed by atoms with E-state index in [-0.39, 0.29) is 11.2 Å². The number of phenols is 1. The van der Waals surface area contributed by atoms with Crippen LogP contribution in [0.3, 0.4) is 0 Å². The van der Waals surface area contributed by atoms with Crippen molar-refractivity contribution in [3.8, 4) is 11.4 Å². The summed E-state index contributed by atoms with van der Waals surface area (Å²) in [6, 6.07) is 9.12. The summed E-state index contributed by atoms with van der Waals surface area (Å²) in [7, 11) is 0. The maximum Gasteiger partial charge on any atom is 0.117 e. The lowest BCUT2D eigenvalue weighted by molar-refractivity contribution is 0.474. The first-order valence-corrected chi connectivity index (χ1v) is 5.32. The summed E-state index contributed by atoms with van der Waals surface area (Å²) in [4.78, 5) is 0. The van der Waals surface area contributed by atoms with E-state index in [1.54, 1.807) is 18.3 Å². The van der Waals surface area contributed by atoms with Gasteiger partial charge in [-0.25, -0.2) is 4.68 Å². The second-order valence-corrected chi connectivity index (χ2v) is 4.90. The lowest BCUT2D eigenvalue weighted by Gasteiger charge is -2.20. The van der Waals surface area contributed by atoms with Gasteiger partial charge in [-0.1, -0.05) is 26.8 Å². The number of aromatic hydroxyl groups is 1. The number of hydrogen-bond acceptors (Lipinski definition) is 2. The average Bonchev–Trinajstić information content (AvgIpc) is 2.65. The molecule has 0 aliphatic heterocycles. The Morgan fingerprint density at radius 3 is 2.56 bits per heavy atom. The van der Waals surface area contributed by atoms with Crippen LogP contribution in [0.2, 0.25) is 0 Å². The lowest BCUT2D eigenvalue weighted by atomic mass is 9.92. The van der Waals surface area contributed by atoms with E-state index in [4.69, 9.17) is 0 Å². The molecular formula is C13H16N2O. The Morgan fingerprint density at radius 2 is 1.94 bits per heavy atom. The number of rotatable bonds is 1. The van der Waals surface area contributed by atoms with Gasteiger partial charge in [-0.2, -0.15) is 5.10 Å². The van der Waals surface area contributed by atoms with Crippen molar-refractivity contribution in [3.05, 3.63) is 42.2 Å². The zero-order valence-corrected chi connectivity index (χ0v) is 9.81. The number of aromatic nitrogens is 2. The van der Waals surface area contributed by atoms with E-state index in [1.807, 2.05) is 22.9 Å². The van der Waals surface area contributed by atoms with E-state index >= 15 is 0 Å². The molecule has 0 radical (unpaired) electrons. The summed E-state index contributed by atoms with van der Waals surface area (Å²) in [6.07, 6.45) is 1.78. The van der Waals surface area contributed by atoms with Gasteiger partial charge in [-0.15, -0.1) is 0 Å². The minimum atomic E-state index is 0.0297. The highest BCUT2D eigenvalue weighted by atomic mass is 16.3. The van der Waals surface area contributed by atoms with Crippen LogP contribution in [0.1, 0.15) is 26.5 Å². The normalized spacial score (nSPS) is 11.7. The molecule has 1 aromatic carbocycles. The Labute approximate surface area is 95.3 Å². The molecule has 0 atom stereocenters. The molecule has 0 bridgehead atoms. The van der Waals surface area contributed by atoms with Crippen LogP contribution in [-0.2, 0) is 5.41 Å². The highest BCUT2D eigenvalue weighted by Crippen LogP contribution is 2.25. The van der Waals surface area contributed by atoms with Crippen LogP contribution in [-0.4, -0.2) is 14.9 Å². The SMILES string of the molecule is CC(C)(C)c1ccnn1-c1cccc(O)c1.